The van der Waals surface area contributed by atoms with E-state index in [9.17, 15) is 0 Å². The molecule has 0 N–H and O–H groups in total. The van der Waals surface area contributed by atoms with Crippen molar-refractivity contribution in [2.75, 3.05) is 13.1 Å². The molecule has 1 saturated heterocycles. The number of aryl methyl sites for hydroxylation is 2. The monoisotopic (exact) mass is 327 g/mol. The number of fused-ring (bicyclic) bond motifs is 2. The molecule has 0 saturated carbocycles. The average Bonchev–Trinajstić information content (AvgIpc) is 2.91. The maximum atomic E-state index is 2.64. The molecule has 1 aliphatic heterocycles. The van der Waals surface area contributed by atoms with Crippen molar-refractivity contribution in [1.82, 2.24) is 4.90 Å². The summed E-state index contributed by atoms with van der Waals surface area (Å²) in [5.74, 6) is 0. The van der Waals surface area contributed by atoms with Gasteiger partial charge in [-0.15, -0.1) is 12.4 Å². The van der Waals surface area contributed by atoms with Crippen LogP contribution in [0.4, 0.5) is 0 Å². The number of benzene rings is 2. The Balaban J connectivity index is 0.00000156. The van der Waals surface area contributed by atoms with Gasteiger partial charge in [0.1, 0.15) is 0 Å². The zero-order valence-corrected chi connectivity index (χ0v) is 14.7. The van der Waals surface area contributed by atoms with Crippen LogP contribution in [0.2, 0.25) is 0 Å². The predicted molar refractivity (Wildman–Crippen MR) is 99.4 cm³/mol. The Kier molecular flexibility index (Phi) is 4.79. The van der Waals surface area contributed by atoms with E-state index in [1.165, 1.54) is 49.9 Å². The Bertz CT molecular complexity index is 654. The van der Waals surface area contributed by atoms with Crippen molar-refractivity contribution >= 4 is 12.4 Å². The lowest BCUT2D eigenvalue weighted by atomic mass is 9.74. The van der Waals surface area contributed by atoms with Crippen molar-refractivity contribution in [2.45, 2.75) is 44.6 Å². The molecule has 23 heavy (non-hydrogen) atoms. The van der Waals surface area contributed by atoms with Crippen LogP contribution in [-0.4, -0.2) is 18.0 Å². The van der Waals surface area contributed by atoms with Crippen LogP contribution in [0.3, 0.4) is 0 Å². The van der Waals surface area contributed by atoms with Gasteiger partial charge in [-0.05, 0) is 67.8 Å². The maximum absolute atomic E-state index is 2.64. The second-order valence-corrected chi connectivity index (χ2v) is 7.20. The van der Waals surface area contributed by atoms with E-state index >= 15 is 0 Å². The number of rotatable bonds is 2. The first-order valence-electron chi connectivity index (χ1n) is 8.62. The van der Waals surface area contributed by atoms with E-state index in [2.05, 4.69) is 60.4 Å². The third kappa shape index (κ3) is 3.18. The van der Waals surface area contributed by atoms with Gasteiger partial charge < -0.3 is 0 Å². The lowest BCUT2D eigenvalue weighted by Crippen LogP contribution is -2.41. The van der Waals surface area contributed by atoms with Gasteiger partial charge in [0.15, 0.2) is 0 Å². The fraction of sp³-hybridized carbons (Fsp3) is 0.429. The van der Waals surface area contributed by atoms with Gasteiger partial charge >= 0.3 is 0 Å². The van der Waals surface area contributed by atoms with Gasteiger partial charge in [0.2, 0.25) is 0 Å². The molecule has 1 spiro atoms. The first-order chi connectivity index (χ1) is 10.8. The smallest absolute Gasteiger partial charge is 0.0233 e. The van der Waals surface area contributed by atoms with Crippen molar-refractivity contribution in [2.24, 2.45) is 0 Å². The summed E-state index contributed by atoms with van der Waals surface area (Å²) in [6.45, 7) is 5.74. The van der Waals surface area contributed by atoms with Crippen LogP contribution in [0.15, 0.2) is 48.5 Å². The molecule has 0 aromatic heterocycles. The van der Waals surface area contributed by atoms with Gasteiger partial charge in [-0.3, -0.25) is 4.90 Å². The maximum Gasteiger partial charge on any atom is 0.0233 e. The molecule has 1 fully saturated rings. The van der Waals surface area contributed by atoms with Gasteiger partial charge in [-0.25, -0.2) is 0 Å². The fourth-order valence-corrected chi connectivity index (χ4v) is 4.37. The largest absolute Gasteiger partial charge is 0.299 e. The standard InChI is InChI=1S/C21H25N.ClH/c1-17-6-8-18(9-7-17)16-22-14-12-21(13-15-22)11-10-19-4-2-3-5-20(19)21;/h2-9H,10-16H2,1H3;1H. The van der Waals surface area contributed by atoms with Crippen LogP contribution < -0.4 is 0 Å². The molecule has 0 amide bonds. The minimum absolute atomic E-state index is 0. The molecular formula is C21H26ClN. The van der Waals surface area contributed by atoms with Crippen LogP contribution in [-0.2, 0) is 18.4 Å². The van der Waals surface area contributed by atoms with E-state index in [-0.39, 0.29) is 12.4 Å². The second-order valence-electron chi connectivity index (χ2n) is 7.20. The minimum atomic E-state index is 0. The summed E-state index contributed by atoms with van der Waals surface area (Å²) in [5.41, 5.74) is 6.55. The predicted octanol–water partition coefficient (Wildman–Crippen LogP) is 4.90. The summed E-state index contributed by atoms with van der Waals surface area (Å²) >= 11 is 0. The molecule has 0 bridgehead atoms. The van der Waals surface area contributed by atoms with Crippen molar-refractivity contribution in [3.8, 4) is 0 Å². The van der Waals surface area contributed by atoms with E-state index in [1.54, 1.807) is 11.1 Å². The highest BCUT2D eigenvalue weighted by Crippen LogP contribution is 2.46. The summed E-state index contributed by atoms with van der Waals surface area (Å²) in [6, 6.07) is 18.2. The summed E-state index contributed by atoms with van der Waals surface area (Å²) in [7, 11) is 0. The first-order valence-corrected chi connectivity index (χ1v) is 8.62. The topological polar surface area (TPSA) is 3.24 Å². The van der Waals surface area contributed by atoms with E-state index < -0.39 is 0 Å². The van der Waals surface area contributed by atoms with Crippen molar-refractivity contribution in [3.05, 3.63) is 70.8 Å². The summed E-state index contributed by atoms with van der Waals surface area (Å²) < 4.78 is 0. The first kappa shape index (κ1) is 16.5. The Hall–Kier alpha value is -1.31. The lowest BCUT2D eigenvalue weighted by molar-refractivity contribution is 0.152. The zero-order chi connectivity index (χ0) is 15.0. The van der Waals surface area contributed by atoms with E-state index in [0.29, 0.717) is 5.41 Å². The number of hydrogen-bond acceptors (Lipinski definition) is 1. The van der Waals surface area contributed by atoms with Gasteiger partial charge in [0, 0.05) is 6.54 Å². The van der Waals surface area contributed by atoms with Gasteiger partial charge in [-0.2, -0.15) is 0 Å². The van der Waals surface area contributed by atoms with E-state index in [1.807, 2.05) is 0 Å². The van der Waals surface area contributed by atoms with Crippen LogP contribution in [0.5, 0.6) is 0 Å². The van der Waals surface area contributed by atoms with Crippen LogP contribution in [0.1, 0.15) is 41.5 Å². The Morgan fingerprint density at radius 1 is 0.913 bits per heavy atom. The van der Waals surface area contributed by atoms with Crippen molar-refractivity contribution in [1.29, 1.82) is 0 Å². The van der Waals surface area contributed by atoms with E-state index in [4.69, 9.17) is 0 Å². The van der Waals surface area contributed by atoms with Crippen LogP contribution in [0, 0.1) is 6.92 Å². The molecule has 4 rings (SSSR count). The third-order valence-corrected chi connectivity index (χ3v) is 5.80. The molecule has 1 nitrogen and oxygen atoms in total. The molecular weight excluding hydrogens is 302 g/mol. The van der Waals surface area contributed by atoms with Gasteiger partial charge in [-0.1, -0.05) is 54.1 Å². The normalized spacial score (nSPS) is 19.3. The Labute approximate surface area is 146 Å². The SMILES string of the molecule is Cc1ccc(CN2CCC3(CCc4ccccc43)CC2)cc1.Cl. The molecule has 1 aliphatic carbocycles. The van der Waals surface area contributed by atoms with E-state index in [0.717, 1.165) is 6.54 Å². The molecule has 2 aromatic carbocycles. The lowest BCUT2D eigenvalue weighted by Gasteiger charge is -2.40. The fourth-order valence-electron chi connectivity index (χ4n) is 4.37. The Morgan fingerprint density at radius 3 is 2.35 bits per heavy atom. The molecule has 0 radical (unpaired) electrons. The average molecular weight is 328 g/mol. The second kappa shape index (κ2) is 6.67. The highest BCUT2D eigenvalue weighted by molar-refractivity contribution is 5.85. The number of piperidine rings is 1. The molecule has 2 aliphatic rings. The number of hydrogen-bond donors (Lipinski definition) is 0. The number of nitrogens with zero attached hydrogens (tertiary/aromatic N) is 1. The highest BCUT2D eigenvalue weighted by Gasteiger charge is 2.40. The van der Waals surface area contributed by atoms with Gasteiger partial charge in [0.05, 0.1) is 0 Å². The third-order valence-electron chi connectivity index (χ3n) is 5.80. The molecule has 122 valence electrons. The van der Waals surface area contributed by atoms with Crippen LogP contribution in [0.25, 0.3) is 0 Å². The molecule has 2 heteroatoms. The Morgan fingerprint density at radius 2 is 1.61 bits per heavy atom. The summed E-state index contributed by atoms with van der Waals surface area (Å²) in [5, 5.41) is 0. The molecule has 0 unspecified atom stereocenters. The van der Waals surface area contributed by atoms with Crippen LogP contribution >= 0.6 is 12.4 Å². The minimum Gasteiger partial charge on any atom is -0.299 e. The summed E-state index contributed by atoms with van der Waals surface area (Å²) in [4.78, 5) is 2.64. The number of likely N-dealkylation sites (tertiary alicyclic amines) is 1. The quantitative estimate of drug-likeness (QED) is 0.758. The highest BCUT2D eigenvalue weighted by atomic mass is 35.5. The molecule has 2 aromatic rings. The zero-order valence-electron chi connectivity index (χ0n) is 13.9. The summed E-state index contributed by atoms with van der Waals surface area (Å²) in [6.07, 6.45) is 5.31. The van der Waals surface area contributed by atoms with Crippen molar-refractivity contribution < 1.29 is 0 Å². The molecule has 0 atom stereocenters. The van der Waals surface area contributed by atoms with Crippen molar-refractivity contribution in [3.63, 3.8) is 0 Å². The molecule has 1 heterocycles. The van der Waals surface area contributed by atoms with Gasteiger partial charge in [0.25, 0.3) is 0 Å². The number of halogens is 1.